The summed E-state index contributed by atoms with van der Waals surface area (Å²) in [6.07, 6.45) is 5.59. The quantitative estimate of drug-likeness (QED) is 0.708. The summed E-state index contributed by atoms with van der Waals surface area (Å²) >= 11 is 0. The molecule has 1 aromatic heterocycles. The van der Waals surface area contributed by atoms with Crippen molar-refractivity contribution in [2.45, 2.75) is 25.9 Å². The average Bonchev–Trinajstić information content (AvgIpc) is 3.11. The Labute approximate surface area is 162 Å². The Hall–Kier alpha value is -3.00. The van der Waals surface area contributed by atoms with E-state index in [4.69, 9.17) is 9.84 Å². The van der Waals surface area contributed by atoms with Gasteiger partial charge in [0.05, 0.1) is 25.2 Å². The summed E-state index contributed by atoms with van der Waals surface area (Å²) in [6, 6.07) is 5.17. The second-order valence-corrected chi connectivity index (χ2v) is 6.79. The van der Waals surface area contributed by atoms with Crippen LogP contribution in [0.2, 0.25) is 0 Å². The first-order chi connectivity index (χ1) is 13.4. The van der Waals surface area contributed by atoms with Gasteiger partial charge in [-0.25, -0.2) is 14.2 Å². The fraction of sp³-hybridized carbons (Fsp3) is 0.350. The number of carboxylic acid groups (broad SMARTS) is 1. The Morgan fingerprint density at radius 2 is 2.25 bits per heavy atom. The van der Waals surface area contributed by atoms with Crippen LogP contribution in [0.5, 0.6) is 5.75 Å². The van der Waals surface area contributed by atoms with Gasteiger partial charge in [0.15, 0.2) is 11.6 Å². The minimum Gasteiger partial charge on any atom is -0.494 e. The SMILES string of the molecule is COc1cc(CN2CC[C@@H](Nc3cnc(/C=C(\C)C(=O)O)cn3)C2)ccc1F. The number of nitrogens with one attached hydrogen (secondary N) is 1. The van der Waals surface area contributed by atoms with Crippen molar-refractivity contribution in [2.24, 2.45) is 0 Å². The monoisotopic (exact) mass is 386 g/mol. The molecule has 0 unspecified atom stereocenters. The highest BCUT2D eigenvalue weighted by Crippen LogP contribution is 2.21. The molecule has 8 heteroatoms. The molecule has 0 saturated carbocycles. The Bertz CT molecular complexity index is 870. The zero-order valence-corrected chi connectivity index (χ0v) is 15.9. The van der Waals surface area contributed by atoms with Crippen molar-refractivity contribution in [3.05, 3.63) is 53.2 Å². The van der Waals surface area contributed by atoms with E-state index in [-0.39, 0.29) is 23.2 Å². The Morgan fingerprint density at radius 1 is 1.43 bits per heavy atom. The van der Waals surface area contributed by atoms with E-state index in [1.165, 1.54) is 26.2 Å². The first-order valence-electron chi connectivity index (χ1n) is 8.99. The molecule has 1 fully saturated rings. The number of nitrogens with zero attached hydrogens (tertiary/aromatic N) is 3. The maximum absolute atomic E-state index is 13.5. The third kappa shape index (κ3) is 5.04. The second-order valence-electron chi connectivity index (χ2n) is 6.79. The molecule has 0 radical (unpaired) electrons. The van der Waals surface area contributed by atoms with E-state index < -0.39 is 5.97 Å². The van der Waals surface area contributed by atoms with Crippen molar-refractivity contribution in [3.63, 3.8) is 0 Å². The molecule has 1 atom stereocenters. The standard InChI is InChI=1S/C20H23FN4O3/c1-13(20(26)27)7-16-9-23-19(10-22-16)24-15-5-6-25(12-15)11-14-3-4-17(21)18(8-14)28-2/h3-4,7-10,15H,5-6,11-12H2,1-2H3,(H,23,24)(H,26,27)/b13-7+/t15-/m1/s1. The number of benzene rings is 1. The normalized spacial score (nSPS) is 17.5. The van der Waals surface area contributed by atoms with Crippen molar-refractivity contribution < 1.29 is 19.0 Å². The number of hydrogen-bond donors (Lipinski definition) is 2. The number of carbonyl (C=O) groups is 1. The number of ether oxygens (including phenoxy) is 1. The summed E-state index contributed by atoms with van der Waals surface area (Å²) in [5.74, 6) is -0.425. The van der Waals surface area contributed by atoms with Gasteiger partial charge < -0.3 is 15.2 Å². The highest BCUT2D eigenvalue weighted by Gasteiger charge is 2.23. The Balaban J connectivity index is 1.54. The first kappa shape index (κ1) is 19.8. The molecule has 2 N–H and O–H groups in total. The van der Waals surface area contributed by atoms with Crippen LogP contribution in [-0.2, 0) is 11.3 Å². The van der Waals surface area contributed by atoms with E-state index in [1.807, 2.05) is 0 Å². The van der Waals surface area contributed by atoms with Crippen LogP contribution >= 0.6 is 0 Å². The van der Waals surface area contributed by atoms with Crippen LogP contribution in [0.4, 0.5) is 10.2 Å². The largest absolute Gasteiger partial charge is 0.494 e. The molecule has 2 heterocycles. The lowest BCUT2D eigenvalue weighted by atomic mass is 10.2. The highest BCUT2D eigenvalue weighted by atomic mass is 19.1. The maximum atomic E-state index is 13.5. The topological polar surface area (TPSA) is 87.6 Å². The number of carboxylic acids is 1. The summed E-state index contributed by atoms with van der Waals surface area (Å²) < 4.78 is 18.6. The molecule has 3 rings (SSSR count). The van der Waals surface area contributed by atoms with Gasteiger partial charge in [-0.3, -0.25) is 9.88 Å². The van der Waals surface area contributed by atoms with E-state index in [9.17, 15) is 9.18 Å². The van der Waals surface area contributed by atoms with E-state index in [1.54, 1.807) is 24.5 Å². The predicted octanol–water partition coefficient (Wildman–Crippen LogP) is 2.80. The smallest absolute Gasteiger partial charge is 0.331 e. The van der Waals surface area contributed by atoms with Gasteiger partial charge in [-0.05, 0) is 37.1 Å². The number of aliphatic carboxylic acids is 1. The molecule has 1 saturated heterocycles. The molecular weight excluding hydrogens is 363 g/mol. The predicted molar refractivity (Wildman–Crippen MR) is 104 cm³/mol. The number of methoxy groups -OCH3 is 1. The van der Waals surface area contributed by atoms with Gasteiger partial charge in [-0.2, -0.15) is 0 Å². The highest BCUT2D eigenvalue weighted by molar-refractivity contribution is 5.91. The first-order valence-corrected chi connectivity index (χ1v) is 8.99. The summed E-state index contributed by atoms with van der Waals surface area (Å²) in [7, 11) is 1.46. The van der Waals surface area contributed by atoms with Crippen LogP contribution in [0, 0.1) is 5.82 Å². The summed E-state index contributed by atoms with van der Waals surface area (Å²) in [5, 5.41) is 12.3. The lowest BCUT2D eigenvalue weighted by Crippen LogP contribution is -2.26. The van der Waals surface area contributed by atoms with Gasteiger partial charge in [0.1, 0.15) is 5.82 Å². The number of likely N-dealkylation sites (tertiary alicyclic amines) is 1. The molecule has 1 aliphatic heterocycles. The van der Waals surface area contributed by atoms with Crippen LogP contribution < -0.4 is 10.1 Å². The van der Waals surface area contributed by atoms with Crippen LogP contribution in [0.25, 0.3) is 6.08 Å². The number of rotatable bonds is 7. The molecule has 0 bridgehead atoms. The fourth-order valence-electron chi connectivity index (χ4n) is 3.13. The van der Waals surface area contributed by atoms with Crippen molar-refractivity contribution >= 4 is 17.9 Å². The van der Waals surface area contributed by atoms with Gasteiger partial charge in [-0.1, -0.05) is 6.07 Å². The lowest BCUT2D eigenvalue weighted by Gasteiger charge is -2.17. The second kappa shape index (κ2) is 8.79. The minimum absolute atomic E-state index is 0.207. The summed E-state index contributed by atoms with van der Waals surface area (Å²) in [6.45, 7) is 3.99. The molecule has 0 amide bonds. The van der Waals surface area contributed by atoms with Gasteiger partial charge in [0.25, 0.3) is 0 Å². The number of hydrogen-bond acceptors (Lipinski definition) is 6. The molecule has 28 heavy (non-hydrogen) atoms. The molecule has 1 aromatic carbocycles. The minimum atomic E-state index is -0.978. The Kier molecular flexibility index (Phi) is 6.20. The molecular formula is C20H23FN4O3. The Morgan fingerprint density at radius 3 is 2.93 bits per heavy atom. The molecule has 148 valence electrons. The number of aromatic nitrogens is 2. The van der Waals surface area contributed by atoms with Crippen molar-refractivity contribution in [3.8, 4) is 5.75 Å². The van der Waals surface area contributed by atoms with Crippen molar-refractivity contribution in [1.82, 2.24) is 14.9 Å². The van der Waals surface area contributed by atoms with Crippen molar-refractivity contribution in [1.29, 1.82) is 0 Å². The van der Waals surface area contributed by atoms with Crippen LogP contribution in [0.1, 0.15) is 24.6 Å². The average molecular weight is 386 g/mol. The van der Waals surface area contributed by atoms with Gasteiger partial charge in [0.2, 0.25) is 0 Å². The van der Waals surface area contributed by atoms with Crippen molar-refractivity contribution in [2.75, 3.05) is 25.5 Å². The van der Waals surface area contributed by atoms with Crippen LogP contribution in [-0.4, -0.2) is 52.2 Å². The van der Waals surface area contributed by atoms with Crippen LogP contribution in [0.15, 0.2) is 36.2 Å². The third-order valence-electron chi connectivity index (χ3n) is 4.62. The van der Waals surface area contributed by atoms with E-state index in [0.717, 1.165) is 31.6 Å². The molecule has 0 spiro atoms. The fourth-order valence-corrected chi connectivity index (χ4v) is 3.13. The third-order valence-corrected chi connectivity index (χ3v) is 4.62. The molecule has 7 nitrogen and oxygen atoms in total. The summed E-state index contributed by atoms with van der Waals surface area (Å²) in [5.41, 5.74) is 1.71. The van der Waals surface area contributed by atoms with E-state index >= 15 is 0 Å². The van der Waals surface area contributed by atoms with E-state index in [0.29, 0.717) is 11.5 Å². The maximum Gasteiger partial charge on any atom is 0.331 e. The molecule has 2 aromatic rings. The van der Waals surface area contributed by atoms with Gasteiger partial charge >= 0.3 is 5.97 Å². The van der Waals surface area contributed by atoms with Gasteiger partial charge in [0, 0.05) is 31.2 Å². The van der Waals surface area contributed by atoms with E-state index in [2.05, 4.69) is 20.2 Å². The number of anilines is 1. The zero-order chi connectivity index (χ0) is 20.1. The molecule has 1 aliphatic rings. The molecule has 0 aliphatic carbocycles. The summed E-state index contributed by atoms with van der Waals surface area (Å²) in [4.78, 5) is 21.7. The zero-order valence-electron chi connectivity index (χ0n) is 15.9. The van der Waals surface area contributed by atoms with Gasteiger partial charge in [-0.15, -0.1) is 0 Å². The number of halogens is 1. The lowest BCUT2D eigenvalue weighted by molar-refractivity contribution is -0.132. The van der Waals surface area contributed by atoms with Crippen LogP contribution in [0.3, 0.4) is 0 Å².